The van der Waals surface area contributed by atoms with Crippen molar-refractivity contribution in [3.8, 4) is 0 Å². The van der Waals surface area contributed by atoms with Gasteiger partial charge < -0.3 is 10.5 Å². The number of hydrogen-bond acceptors (Lipinski definition) is 4. The minimum atomic E-state index is -3.72. The molecule has 8 heteroatoms. The average molecular weight is 341 g/mol. The first kappa shape index (κ1) is 17.5. The molecule has 0 amide bonds. The number of unbranched alkanes of at least 4 members (excludes halogenated alkanes) is 1. The van der Waals surface area contributed by atoms with E-state index < -0.39 is 10.0 Å². The summed E-state index contributed by atoms with van der Waals surface area (Å²) in [6.45, 7) is 3.15. The number of ether oxygens (including phenoxy) is 1. The molecule has 0 unspecified atom stereocenters. The molecule has 5 nitrogen and oxygen atoms in total. The van der Waals surface area contributed by atoms with Gasteiger partial charge in [0, 0.05) is 13.2 Å². The predicted octanol–water partition coefficient (Wildman–Crippen LogP) is 2.67. The molecule has 0 atom stereocenters. The van der Waals surface area contributed by atoms with Crippen molar-refractivity contribution in [2.75, 3.05) is 25.5 Å². The van der Waals surface area contributed by atoms with Crippen molar-refractivity contribution < 1.29 is 13.2 Å². The van der Waals surface area contributed by atoms with E-state index in [4.69, 9.17) is 33.7 Å². The molecule has 0 heterocycles. The van der Waals surface area contributed by atoms with Crippen LogP contribution < -0.4 is 10.5 Å². The van der Waals surface area contributed by atoms with Crippen molar-refractivity contribution in [1.82, 2.24) is 4.72 Å². The number of nitrogen functional groups attached to an aromatic ring is 1. The van der Waals surface area contributed by atoms with Gasteiger partial charge in [0.25, 0.3) is 0 Å². The Bertz CT molecular complexity index is 550. The summed E-state index contributed by atoms with van der Waals surface area (Å²) in [5.41, 5.74) is 5.66. The fourth-order valence-corrected chi connectivity index (χ4v) is 3.21. The van der Waals surface area contributed by atoms with E-state index in [9.17, 15) is 8.42 Å². The molecule has 0 aliphatic heterocycles. The van der Waals surface area contributed by atoms with E-state index in [1.54, 1.807) is 0 Å². The van der Waals surface area contributed by atoms with E-state index in [0.717, 1.165) is 12.8 Å². The molecule has 1 aromatic carbocycles. The lowest BCUT2D eigenvalue weighted by atomic mass is 10.3. The zero-order chi connectivity index (χ0) is 15.2. The molecular weight excluding hydrogens is 323 g/mol. The number of nitrogens with two attached hydrogens (primary N) is 1. The van der Waals surface area contributed by atoms with Gasteiger partial charge in [-0.3, -0.25) is 0 Å². The van der Waals surface area contributed by atoms with E-state index in [2.05, 4.69) is 11.6 Å². The second-order valence-corrected chi connectivity index (χ2v) is 6.66. The van der Waals surface area contributed by atoms with Crippen LogP contribution in [0.1, 0.15) is 19.8 Å². The van der Waals surface area contributed by atoms with Crippen LogP contribution in [0.15, 0.2) is 17.0 Å². The zero-order valence-electron chi connectivity index (χ0n) is 11.2. The first-order valence-electron chi connectivity index (χ1n) is 6.21. The van der Waals surface area contributed by atoms with Gasteiger partial charge in [-0.05, 0) is 18.6 Å². The van der Waals surface area contributed by atoms with Crippen molar-refractivity contribution in [1.29, 1.82) is 0 Å². The van der Waals surface area contributed by atoms with Crippen LogP contribution in [0, 0.1) is 0 Å². The minimum absolute atomic E-state index is 0.0513. The molecule has 1 rings (SSSR count). The summed E-state index contributed by atoms with van der Waals surface area (Å²) in [5, 5.41) is 0.147. The molecule has 0 aliphatic rings. The van der Waals surface area contributed by atoms with Gasteiger partial charge in [-0.1, -0.05) is 36.5 Å². The lowest BCUT2D eigenvalue weighted by Gasteiger charge is -2.10. The molecule has 3 N–H and O–H groups in total. The Morgan fingerprint density at radius 1 is 1.30 bits per heavy atom. The van der Waals surface area contributed by atoms with E-state index in [0.29, 0.717) is 13.2 Å². The summed E-state index contributed by atoms with van der Waals surface area (Å²) in [5.74, 6) is 0. The second-order valence-electron chi connectivity index (χ2n) is 4.14. The van der Waals surface area contributed by atoms with Crippen molar-refractivity contribution in [3.63, 3.8) is 0 Å². The number of sulfonamides is 1. The summed E-state index contributed by atoms with van der Waals surface area (Å²) in [7, 11) is -3.72. The van der Waals surface area contributed by atoms with Crippen LogP contribution in [0.3, 0.4) is 0 Å². The highest BCUT2D eigenvalue weighted by Gasteiger charge is 2.20. The highest BCUT2D eigenvalue weighted by atomic mass is 35.5. The number of nitrogens with one attached hydrogen (secondary N) is 1. The molecule has 0 fully saturated rings. The Kier molecular flexibility index (Phi) is 7.05. The fourth-order valence-electron chi connectivity index (χ4n) is 1.43. The monoisotopic (exact) mass is 340 g/mol. The van der Waals surface area contributed by atoms with Crippen LogP contribution in [0.2, 0.25) is 10.0 Å². The third-order valence-electron chi connectivity index (χ3n) is 2.56. The third-order valence-corrected chi connectivity index (χ3v) is 4.91. The first-order chi connectivity index (χ1) is 9.40. The Morgan fingerprint density at radius 2 is 2.00 bits per heavy atom. The number of benzene rings is 1. The summed E-state index contributed by atoms with van der Waals surface area (Å²) in [6.07, 6.45) is 1.98. The van der Waals surface area contributed by atoms with Crippen LogP contribution in [-0.2, 0) is 14.8 Å². The quantitative estimate of drug-likeness (QED) is 0.563. The maximum Gasteiger partial charge on any atom is 0.242 e. The molecule has 0 saturated carbocycles. The van der Waals surface area contributed by atoms with Crippen LogP contribution >= 0.6 is 23.2 Å². The molecule has 0 spiro atoms. The largest absolute Gasteiger partial charge is 0.396 e. The van der Waals surface area contributed by atoms with Gasteiger partial charge in [0.05, 0.1) is 22.3 Å². The Hall–Kier alpha value is -0.530. The lowest BCUT2D eigenvalue weighted by molar-refractivity contribution is 0.136. The van der Waals surface area contributed by atoms with Crippen LogP contribution in [0.4, 0.5) is 5.69 Å². The second kappa shape index (κ2) is 8.05. The number of halogens is 2. The van der Waals surface area contributed by atoms with E-state index in [1.165, 1.54) is 12.1 Å². The van der Waals surface area contributed by atoms with Crippen molar-refractivity contribution in [2.45, 2.75) is 24.7 Å². The molecule has 0 aromatic heterocycles. The summed E-state index contributed by atoms with van der Waals surface area (Å²) >= 11 is 11.7. The average Bonchev–Trinajstić information content (AvgIpc) is 2.39. The topological polar surface area (TPSA) is 81.4 Å². The Morgan fingerprint density at radius 3 is 2.65 bits per heavy atom. The number of hydrogen-bond donors (Lipinski definition) is 2. The van der Waals surface area contributed by atoms with Gasteiger partial charge in [-0.2, -0.15) is 0 Å². The molecular formula is C12H18Cl2N2O3S. The Labute approximate surface area is 129 Å². The maximum atomic E-state index is 12.1. The third kappa shape index (κ3) is 4.79. The van der Waals surface area contributed by atoms with Crippen LogP contribution in [0.25, 0.3) is 0 Å². The summed E-state index contributed by atoms with van der Waals surface area (Å²) in [4.78, 5) is -0.0883. The van der Waals surface area contributed by atoms with Gasteiger partial charge in [0.2, 0.25) is 10.0 Å². The minimum Gasteiger partial charge on any atom is -0.396 e. The van der Waals surface area contributed by atoms with E-state index in [-0.39, 0.29) is 27.2 Å². The van der Waals surface area contributed by atoms with E-state index in [1.807, 2.05) is 0 Å². The highest BCUT2D eigenvalue weighted by molar-refractivity contribution is 7.89. The smallest absolute Gasteiger partial charge is 0.242 e. The molecule has 20 heavy (non-hydrogen) atoms. The number of anilines is 1. The van der Waals surface area contributed by atoms with Crippen molar-refractivity contribution in [2.24, 2.45) is 0 Å². The molecule has 0 aliphatic carbocycles. The van der Waals surface area contributed by atoms with Gasteiger partial charge in [0.15, 0.2) is 0 Å². The predicted molar refractivity (Wildman–Crippen MR) is 81.8 cm³/mol. The normalized spacial score (nSPS) is 11.8. The van der Waals surface area contributed by atoms with Gasteiger partial charge in [-0.15, -0.1) is 0 Å². The van der Waals surface area contributed by atoms with Crippen molar-refractivity contribution >= 4 is 38.9 Å². The fraction of sp³-hybridized carbons (Fsp3) is 0.500. The van der Waals surface area contributed by atoms with Crippen LogP contribution in [0.5, 0.6) is 0 Å². The van der Waals surface area contributed by atoms with Crippen molar-refractivity contribution in [3.05, 3.63) is 22.2 Å². The lowest BCUT2D eigenvalue weighted by Crippen LogP contribution is -2.28. The van der Waals surface area contributed by atoms with Gasteiger partial charge in [0.1, 0.15) is 4.90 Å². The summed E-state index contributed by atoms with van der Waals surface area (Å²) < 4.78 is 31.8. The maximum absolute atomic E-state index is 12.1. The van der Waals surface area contributed by atoms with Gasteiger partial charge >= 0.3 is 0 Å². The SMILES string of the molecule is CCCCOCCNS(=O)(=O)c1ccc(Cl)c(N)c1Cl. The zero-order valence-corrected chi connectivity index (χ0v) is 13.5. The molecule has 0 bridgehead atoms. The highest BCUT2D eigenvalue weighted by Crippen LogP contribution is 2.32. The van der Waals surface area contributed by atoms with Crippen LogP contribution in [-0.4, -0.2) is 28.2 Å². The Balaban J connectivity index is 2.63. The van der Waals surface area contributed by atoms with E-state index >= 15 is 0 Å². The first-order valence-corrected chi connectivity index (χ1v) is 8.45. The molecule has 114 valence electrons. The number of rotatable bonds is 8. The molecule has 0 saturated heterocycles. The van der Waals surface area contributed by atoms with Gasteiger partial charge in [-0.25, -0.2) is 13.1 Å². The standard InChI is InChI=1S/C12H18Cl2N2O3S/c1-2-3-7-19-8-6-16-20(17,18)10-5-4-9(13)12(15)11(10)14/h4-5,16H,2-3,6-8,15H2,1H3. The molecule has 0 radical (unpaired) electrons. The molecule has 1 aromatic rings. The summed E-state index contributed by atoms with van der Waals surface area (Å²) in [6, 6.07) is 2.72.